The number of rotatable bonds is 6. The number of H-pyrrole nitrogens is 1. The Morgan fingerprint density at radius 1 is 1.12 bits per heavy atom. The van der Waals surface area contributed by atoms with Gasteiger partial charge in [0, 0.05) is 34.8 Å². The Morgan fingerprint density at radius 3 is 2.68 bits per heavy atom. The summed E-state index contributed by atoms with van der Waals surface area (Å²) in [6.07, 6.45) is 6.13. The largest absolute Gasteiger partial charge is 0.507 e. The van der Waals surface area contributed by atoms with Gasteiger partial charge in [0.25, 0.3) is 11.7 Å². The summed E-state index contributed by atoms with van der Waals surface area (Å²) in [7, 11) is 0. The zero-order valence-electron chi connectivity index (χ0n) is 19.6. The number of carbonyl (C=O) groups is 2. The number of Topliss-reactive ketones (excluding diaryl/α,β-unsaturated/α-hetero) is 1. The molecular weight excluding hydrogens is 428 g/mol. The minimum atomic E-state index is -0.692. The number of hydrogen-bond donors (Lipinski definition) is 2. The van der Waals surface area contributed by atoms with E-state index in [4.69, 9.17) is 4.74 Å². The molecule has 2 N–H and O–H groups in total. The molecular formula is C28H30N2O4. The quantitative estimate of drug-likeness (QED) is 0.313. The average Bonchev–Trinajstić information content (AvgIpc) is 3.37. The number of ether oxygens (including phenoxy) is 1. The first-order valence-electron chi connectivity index (χ1n) is 12.0. The number of nitrogens with zero attached hydrogens (tertiary/aromatic N) is 1. The summed E-state index contributed by atoms with van der Waals surface area (Å²) < 4.78 is 5.69. The Kier molecular flexibility index (Phi) is 6.00. The van der Waals surface area contributed by atoms with Gasteiger partial charge >= 0.3 is 0 Å². The number of nitrogens with one attached hydrogen (secondary N) is 1. The number of likely N-dealkylation sites (tertiary alicyclic amines) is 1. The van der Waals surface area contributed by atoms with Crippen molar-refractivity contribution in [2.75, 3.05) is 13.2 Å². The monoisotopic (exact) mass is 458 g/mol. The number of aromatic amines is 1. The highest BCUT2D eigenvalue weighted by atomic mass is 16.5. The maximum atomic E-state index is 13.3. The molecule has 2 heterocycles. The van der Waals surface area contributed by atoms with Crippen molar-refractivity contribution < 1.29 is 19.4 Å². The van der Waals surface area contributed by atoms with E-state index in [0.29, 0.717) is 12.2 Å². The third-order valence-corrected chi connectivity index (χ3v) is 6.86. The minimum Gasteiger partial charge on any atom is -0.507 e. The lowest BCUT2D eigenvalue weighted by Crippen LogP contribution is -2.33. The third-order valence-electron chi connectivity index (χ3n) is 6.86. The number of aliphatic hydroxyl groups excluding tert-OH is 1. The van der Waals surface area contributed by atoms with E-state index < -0.39 is 17.7 Å². The van der Waals surface area contributed by atoms with Gasteiger partial charge in [-0.1, -0.05) is 30.3 Å². The number of aliphatic hydroxyl groups is 1. The first-order chi connectivity index (χ1) is 16.5. The number of aromatic nitrogens is 1. The number of benzene rings is 2. The molecule has 2 aliphatic rings. The fraction of sp³-hybridized carbons (Fsp3) is 0.357. The first-order valence-corrected chi connectivity index (χ1v) is 12.0. The second kappa shape index (κ2) is 9.11. The van der Waals surface area contributed by atoms with Crippen molar-refractivity contribution in [2.45, 2.75) is 51.7 Å². The topological polar surface area (TPSA) is 82.6 Å². The van der Waals surface area contributed by atoms with Crippen LogP contribution in [0.25, 0.3) is 16.7 Å². The van der Waals surface area contributed by atoms with Gasteiger partial charge in [-0.3, -0.25) is 9.59 Å². The van der Waals surface area contributed by atoms with E-state index in [1.54, 1.807) is 0 Å². The molecule has 5 rings (SSSR count). The van der Waals surface area contributed by atoms with Crippen LogP contribution < -0.4 is 0 Å². The van der Waals surface area contributed by atoms with Crippen LogP contribution >= 0.6 is 0 Å². The van der Waals surface area contributed by atoms with Crippen molar-refractivity contribution in [3.05, 3.63) is 76.5 Å². The van der Waals surface area contributed by atoms with Crippen molar-refractivity contribution in [2.24, 2.45) is 0 Å². The Bertz CT molecular complexity index is 1290. The van der Waals surface area contributed by atoms with Crippen LogP contribution in [0.15, 0.2) is 54.2 Å². The van der Waals surface area contributed by atoms with Gasteiger partial charge in [0.1, 0.15) is 5.76 Å². The molecule has 0 radical (unpaired) electrons. The number of ketones is 1. The normalized spacial score (nSPS) is 19.9. The number of para-hydroxylation sites is 1. The number of aryl methyl sites for hydroxylation is 2. The smallest absolute Gasteiger partial charge is 0.295 e. The Balaban J connectivity index is 1.63. The van der Waals surface area contributed by atoms with Gasteiger partial charge in [0.05, 0.1) is 24.3 Å². The van der Waals surface area contributed by atoms with Gasteiger partial charge in [0.2, 0.25) is 0 Å². The molecule has 2 aromatic carbocycles. The summed E-state index contributed by atoms with van der Waals surface area (Å²) in [6, 6.07) is 13.0. The Labute approximate surface area is 199 Å². The van der Waals surface area contributed by atoms with Crippen LogP contribution in [0.2, 0.25) is 0 Å². The number of amides is 1. The molecule has 0 saturated carbocycles. The van der Waals surface area contributed by atoms with Crippen LogP contribution in [0.5, 0.6) is 0 Å². The van der Waals surface area contributed by atoms with E-state index in [-0.39, 0.29) is 24.0 Å². The zero-order valence-corrected chi connectivity index (χ0v) is 19.6. The molecule has 1 atom stereocenters. The fourth-order valence-electron chi connectivity index (χ4n) is 5.18. The summed E-state index contributed by atoms with van der Waals surface area (Å²) in [5, 5.41) is 12.3. The van der Waals surface area contributed by atoms with Gasteiger partial charge in [-0.15, -0.1) is 0 Å². The number of carbonyl (C=O) groups excluding carboxylic acids is 2. The van der Waals surface area contributed by atoms with E-state index in [1.165, 1.54) is 22.4 Å². The molecule has 1 fully saturated rings. The molecule has 3 aromatic rings. The van der Waals surface area contributed by atoms with Crippen molar-refractivity contribution in [1.82, 2.24) is 9.88 Å². The maximum Gasteiger partial charge on any atom is 0.295 e. The molecule has 6 nitrogen and oxygen atoms in total. The van der Waals surface area contributed by atoms with Gasteiger partial charge in [-0.25, -0.2) is 0 Å². The molecule has 176 valence electrons. The molecule has 6 heteroatoms. The minimum absolute atomic E-state index is 0.0128. The summed E-state index contributed by atoms with van der Waals surface area (Å²) in [5.74, 6) is -1.38. The maximum absolute atomic E-state index is 13.3. The van der Waals surface area contributed by atoms with Gasteiger partial charge in [-0.05, 0) is 62.8 Å². The standard InChI is InChI=1S/C28H30N2O4/c1-17(2)34-14-13-30-25(22-16-29-23-10-6-5-9-21(22)23)24(27(32)28(30)33)26(31)20-12-11-18-7-3-4-8-19(18)15-20/h5-6,9-12,15-17,25,29,31H,3-4,7-8,13-14H2,1-2H3/b26-24+. The lowest BCUT2D eigenvalue weighted by molar-refractivity contribution is -0.140. The van der Waals surface area contributed by atoms with Crippen LogP contribution in [-0.2, 0) is 27.2 Å². The molecule has 1 unspecified atom stereocenters. The van der Waals surface area contributed by atoms with Crippen molar-refractivity contribution in [3.8, 4) is 0 Å². The fourth-order valence-corrected chi connectivity index (χ4v) is 5.18. The molecule has 1 aliphatic heterocycles. The predicted molar refractivity (Wildman–Crippen MR) is 131 cm³/mol. The number of fused-ring (bicyclic) bond motifs is 2. The van der Waals surface area contributed by atoms with Crippen LogP contribution in [0.4, 0.5) is 0 Å². The van der Waals surface area contributed by atoms with Gasteiger partial charge in [0.15, 0.2) is 0 Å². The van der Waals surface area contributed by atoms with Gasteiger partial charge in [-0.2, -0.15) is 0 Å². The van der Waals surface area contributed by atoms with E-state index in [9.17, 15) is 14.7 Å². The summed E-state index contributed by atoms with van der Waals surface area (Å²) in [5.41, 5.74) is 4.92. The van der Waals surface area contributed by atoms with E-state index in [0.717, 1.165) is 35.7 Å². The number of hydrogen-bond acceptors (Lipinski definition) is 4. The molecule has 0 spiro atoms. The molecule has 1 saturated heterocycles. The molecule has 1 aliphatic carbocycles. The second-order valence-corrected chi connectivity index (χ2v) is 9.39. The van der Waals surface area contributed by atoms with Crippen LogP contribution in [-0.4, -0.2) is 45.9 Å². The first kappa shape index (κ1) is 22.4. The highest BCUT2D eigenvalue weighted by molar-refractivity contribution is 6.46. The highest BCUT2D eigenvalue weighted by Gasteiger charge is 2.46. The van der Waals surface area contributed by atoms with Crippen molar-refractivity contribution in [3.63, 3.8) is 0 Å². The highest BCUT2D eigenvalue weighted by Crippen LogP contribution is 2.42. The van der Waals surface area contributed by atoms with Crippen LogP contribution in [0.1, 0.15) is 55.0 Å². The van der Waals surface area contributed by atoms with Crippen LogP contribution in [0, 0.1) is 0 Å². The average molecular weight is 459 g/mol. The van der Waals surface area contributed by atoms with Crippen LogP contribution in [0.3, 0.4) is 0 Å². The second-order valence-electron chi connectivity index (χ2n) is 9.39. The SMILES string of the molecule is CC(C)OCCN1C(=O)C(=O)/C(=C(/O)c2ccc3c(c2)CCCC3)C1c1c[nH]c2ccccc12. The Hall–Kier alpha value is -3.38. The lowest BCUT2D eigenvalue weighted by Gasteiger charge is -2.25. The summed E-state index contributed by atoms with van der Waals surface area (Å²) in [6.45, 7) is 4.43. The van der Waals surface area contributed by atoms with Crippen molar-refractivity contribution >= 4 is 28.4 Å². The van der Waals surface area contributed by atoms with Gasteiger partial charge < -0.3 is 19.7 Å². The van der Waals surface area contributed by atoms with Crippen molar-refractivity contribution in [1.29, 1.82) is 0 Å². The zero-order chi connectivity index (χ0) is 23.8. The molecule has 1 amide bonds. The van der Waals surface area contributed by atoms with E-state index in [1.807, 2.05) is 62.5 Å². The predicted octanol–water partition coefficient (Wildman–Crippen LogP) is 4.89. The lowest BCUT2D eigenvalue weighted by atomic mass is 9.88. The van der Waals surface area contributed by atoms with E-state index in [2.05, 4.69) is 4.98 Å². The third kappa shape index (κ3) is 3.92. The summed E-state index contributed by atoms with van der Waals surface area (Å²) in [4.78, 5) is 31.2. The molecule has 1 aromatic heterocycles. The molecule has 34 heavy (non-hydrogen) atoms. The summed E-state index contributed by atoms with van der Waals surface area (Å²) >= 11 is 0. The molecule has 0 bridgehead atoms. The van der Waals surface area contributed by atoms with E-state index >= 15 is 0 Å². The Morgan fingerprint density at radius 2 is 1.88 bits per heavy atom.